The first-order chi connectivity index (χ1) is 13.4. The molecule has 0 aliphatic heterocycles. The first kappa shape index (κ1) is 18.9. The highest BCUT2D eigenvalue weighted by Crippen LogP contribution is 2.31. The number of aromatic nitrogens is 2. The number of carbonyl (C=O) groups is 1. The fourth-order valence-corrected chi connectivity index (χ4v) is 4.20. The molecular formula is C20H13Cl2FN2O2S. The standard InChI is InChI=1S/C20H13Cl2FN2O2S/c1-11-14-9-18(20(26)27-10-15-16(22)3-2-4-17(15)23)28-19(14)25(24-11)13-7-5-12(21)6-8-13/h2-9H,10H2,1H3. The topological polar surface area (TPSA) is 44.1 Å². The number of carbonyl (C=O) groups excluding carboxylic acids is 1. The quantitative estimate of drug-likeness (QED) is 0.359. The summed E-state index contributed by atoms with van der Waals surface area (Å²) in [6.45, 7) is 1.64. The molecule has 0 saturated carbocycles. The van der Waals surface area contributed by atoms with E-state index < -0.39 is 11.8 Å². The van der Waals surface area contributed by atoms with Crippen molar-refractivity contribution in [3.05, 3.63) is 80.5 Å². The largest absolute Gasteiger partial charge is 0.456 e. The van der Waals surface area contributed by atoms with Gasteiger partial charge >= 0.3 is 5.97 Å². The lowest BCUT2D eigenvalue weighted by molar-refractivity contribution is 0.0475. The van der Waals surface area contributed by atoms with E-state index in [1.54, 1.807) is 28.9 Å². The van der Waals surface area contributed by atoms with Crippen LogP contribution in [0.25, 0.3) is 15.9 Å². The fourth-order valence-electron chi connectivity index (χ4n) is 2.78. The van der Waals surface area contributed by atoms with Crippen LogP contribution in [-0.4, -0.2) is 15.7 Å². The molecule has 0 bridgehead atoms. The zero-order valence-electron chi connectivity index (χ0n) is 14.6. The number of hydrogen-bond acceptors (Lipinski definition) is 4. The Kier molecular flexibility index (Phi) is 5.10. The van der Waals surface area contributed by atoms with Crippen LogP contribution in [0.1, 0.15) is 20.9 Å². The molecule has 0 saturated heterocycles. The Morgan fingerprint density at radius 3 is 2.68 bits per heavy atom. The molecule has 0 N–H and O–H groups in total. The van der Waals surface area contributed by atoms with Crippen molar-refractivity contribution in [1.29, 1.82) is 0 Å². The Morgan fingerprint density at radius 1 is 1.21 bits per heavy atom. The molecule has 28 heavy (non-hydrogen) atoms. The maximum Gasteiger partial charge on any atom is 0.348 e. The van der Waals surface area contributed by atoms with Crippen LogP contribution in [0.2, 0.25) is 10.0 Å². The van der Waals surface area contributed by atoms with E-state index in [1.165, 1.54) is 23.5 Å². The summed E-state index contributed by atoms with van der Waals surface area (Å²) in [6, 6.07) is 13.3. The van der Waals surface area contributed by atoms with E-state index in [0.29, 0.717) is 9.90 Å². The third-order valence-electron chi connectivity index (χ3n) is 4.23. The van der Waals surface area contributed by atoms with Crippen molar-refractivity contribution >= 4 is 50.7 Å². The summed E-state index contributed by atoms with van der Waals surface area (Å²) < 4.78 is 20.9. The van der Waals surface area contributed by atoms with E-state index in [4.69, 9.17) is 27.9 Å². The molecule has 0 atom stereocenters. The Labute approximate surface area is 174 Å². The Hall–Kier alpha value is -2.41. The molecule has 4 aromatic rings. The van der Waals surface area contributed by atoms with Crippen molar-refractivity contribution in [2.75, 3.05) is 0 Å². The summed E-state index contributed by atoms with van der Waals surface area (Å²) in [5.41, 5.74) is 1.78. The monoisotopic (exact) mass is 434 g/mol. The van der Waals surface area contributed by atoms with Crippen molar-refractivity contribution in [3.8, 4) is 5.69 Å². The molecule has 4 nitrogen and oxygen atoms in total. The Bertz CT molecular complexity index is 1160. The van der Waals surface area contributed by atoms with Gasteiger partial charge < -0.3 is 4.74 Å². The van der Waals surface area contributed by atoms with Gasteiger partial charge in [0.25, 0.3) is 0 Å². The number of nitrogens with zero attached hydrogens (tertiary/aromatic N) is 2. The Morgan fingerprint density at radius 2 is 1.96 bits per heavy atom. The van der Waals surface area contributed by atoms with Gasteiger partial charge in [0.1, 0.15) is 22.1 Å². The van der Waals surface area contributed by atoms with Gasteiger partial charge in [0.2, 0.25) is 0 Å². The molecule has 8 heteroatoms. The minimum absolute atomic E-state index is 0.155. The van der Waals surface area contributed by atoms with E-state index in [9.17, 15) is 9.18 Å². The van der Waals surface area contributed by atoms with Gasteiger partial charge in [0.15, 0.2) is 0 Å². The highest BCUT2D eigenvalue weighted by molar-refractivity contribution is 7.20. The molecular weight excluding hydrogens is 422 g/mol. The van der Waals surface area contributed by atoms with E-state index in [1.807, 2.05) is 19.1 Å². The molecule has 2 heterocycles. The molecule has 2 aromatic heterocycles. The third-order valence-corrected chi connectivity index (χ3v) is 5.92. The normalized spacial score (nSPS) is 11.1. The van der Waals surface area contributed by atoms with Crippen LogP contribution in [0, 0.1) is 12.7 Å². The minimum atomic E-state index is -0.539. The number of aryl methyl sites for hydroxylation is 1. The van der Waals surface area contributed by atoms with Crippen LogP contribution in [0.15, 0.2) is 48.5 Å². The van der Waals surface area contributed by atoms with Gasteiger partial charge in [-0.25, -0.2) is 13.9 Å². The van der Waals surface area contributed by atoms with Crippen molar-refractivity contribution in [2.45, 2.75) is 13.5 Å². The predicted octanol–water partition coefficient (Wildman–Crippen LogP) is 6.20. The highest BCUT2D eigenvalue weighted by atomic mass is 35.5. The van der Waals surface area contributed by atoms with Crippen molar-refractivity contribution < 1.29 is 13.9 Å². The Balaban J connectivity index is 1.62. The molecule has 0 aliphatic rings. The second-order valence-corrected chi connectivity index (χ2v) is 7.95. The second-order valence-electron chi connectivity index (χ2n) is 6.08. The van der Waals surface area contributed by atoms with Crippen LogP contribution in [0.3, 0.4) is 0 Å². The van der Waals surface area contributed by atoms with Crippen LogP contribution in [0.4, 0.5) is 4.39 Å². The van der Waals surface area contributed by atoms with Crippen molar-refractivity contribution in [3.63, 3.8) is 0 Å². The number of halogens is 3. The van der Waals surface area contributed by atoms with Crippen molar-refractivity contribution in [2.24, 2.45) is 0 Å². The lowest BCUT2D eigenvalue weighted by Gasteiger charge is -2.06. The van der Waals surface area contributed by atoms with Gasteiger partial charge in [0.05, 0.1) is 16.4 Å². The number of fused-ring (bicyclic) bond motifs is 1. The first-order valence-electron chi connectivity index (χ1n) is 8.29. The van der Waals surface area contributed by atoms with Gasteiger partial charge in [-0.3, -0.25) is 0 Å². The number of esters is 1. The van der Waals surface area contributed by atoms with E-state index in [-0.39, 0.29) is 17.2 Å². The van der Waals surface area contributed by atoms with Crippen molar-refractivity contribution in [1.82, 2.24) is 9.78 Å². The van der Waals surface area contributed by atoms with Gasteiger partial charge in [-0.05, 0) is 49.4 Å². The first-order valence-corrected chi connectivity index (χ1v) is 9.86. The summed E-state index contributed by atoms with van der Waals surface area (Å²) in [7, 11) is 0. The predicted molar refractivity (Wildman–Crippen MR) is 109 cm³/mol. The molecule has 0 aliphatic carbocycles. The lowest BCUT2D eigenvalue weighted by atomic mass is 10.2. The summed E-state index contributed by atoms with van der Waals surface area (Å²) in [5.74, 6) is -1.05. The molecule has 0 unspecified atom stereocenters. The average molecular weight is 435 g/mol. The molecule has 4 rings (SSSR count). The lowest BCUT2D eigenvalue weighted by Crippen LogP contribution is -2.05. The molecule has 2 aromatic carbocycles. The van der Waals surface area contributed by atoms with Crippen LogP contribution in [0.5, 0.6) is 0 Å². The molecule has 142 valence electrons. The number of thiophene rings is 1. The third kappa shape index (κ3) is 3.51. The minimum Gasteiger partial charge on any atom is -0.456 e. The summed E-state index contributed by atoms with van der Waals surface area (Å²) in [6.07, 6.45) is 0. The number of ether oxygens (including phenoxy) is 1. The summed E-state index contributed by atoms with van der Waals surface area (Å²) >= 11 is 13.2. The zero-order valence-corrected chi connectivity index (χ0v) is 16.9. The highest BCUT2D eigenvalue weighted by Gasteiger charge is 2.19. The van der Waals surface area contributed by atoms with Gasteiger partial charge in [-0.2, -0.15) is 5.10 Å². The maximum atomic E-state index is 13.8. The molecule has 0 radical (unpaired) electrons. The second kappa shape index (κ2) is 7.54. The van der Waals surface area contributed by atoms with Crippen LogP contribution < -0.4 is 0 Å². The smallest absolute Gasteiger partial charge is 0.348 e. The summed E-state index contributed by atoms with van der Waals surface area (Å²) in [5, 5.41) is 6.24. The van der Waals surface area contributed by atoms with E-state index in [2.05, 4.69) is 5.10 Å². The van der Waals surface area contributed by atoms with Gasteiger partial charge in [-0.1, -0.05) is 29.3 Å². The van der Waals surface area contributed by atoms with E-state index >= 15 is 0 Å². The maximum absolute atomic E-state index is 13.8. The van der Waals surface area contributed by atoms with Crippen LogP contribution >= 0.6 is 34.5 Å². The SMILES string of the molecule is Cc1nn(-c2ccc(Cl)cc2)c2sc(C(=O)OCc3c(F)cccc3Cl)cc12. The molecule has 0 amide bonds. The zero-order chi connectivity index (χ0) is 19.8. The van der Waals surface area contributed by atoms with Gasteiger partial charge in [-0.15, -0.1) is 11.3 Å². The number of rotatable bonds is 4. The number of hydrogen-bond donors (Lipinski definition) is 0. The molecule has 0 fully saturated rings. The van der Waals surface area contributed by atoms with Gasteiger partial charge in [0, 0.05) is 16.0 Å². The fraction of sp³-hybridized carbons (Fsp3) is 0.100. The summed E-state index contributed by atoms with van der Waals surface area (Å²) in [4.78, 5) is 13.7. The van der Waals surface area contributed by atoms with E-state index in [0.717, 1.165) is 21.6 Å². The number of benzene rings is 2. The van der Waals surface area contributed by atoms with Crippen LogP contribution in [-0.2, 0) is 11.3 Å². The molecule has 0 spiro atoms. The average Bonchev–Trinajstić information content (AvgIpc) is 3.23.